The number of rotatable bonds is 8. The fraction of sp³-hybridized carbons (Fsp3) is 0.211. The van der Waals surface area contributed by atoms with Crippen LogP contribution in [0.2, 0.25) is 0 Å². The number of nitrogens with two attached hydrogens (primary N) is 1. The highest BCUT2D eigenvalue weighted by Gasteiger charge is 2.05. The molecule has 4 N–H and O–H groups in total. The number of aliphatic imine (C=N–C) groups is 1. The summed E-state index contributed by atoms with van der Waals surface area (Å²) in [5.74, 6) is 0.570. The highest BCUT2D eigenvalue weighted by Crippen LogP contribution is 2.18. The Balaban J connectivity index is 2.98. The molecule has 0 saturated heterocycles. The van der Waals surface area contributed by atoms with E-state index in [9.17, 15) is 0 Å². The lowest BCUT2D eigenvalue weighted by atomic mass is 10.1. The van der Waals surface area contributed by atoms with Crippen molar-refractivity contribution < 1.29 is 0 Å². The maximum atomic E-state index is 7.68. The first-order valence-corrected chi connectivity index (χ1v) is 7.64. The van der Waals surface area contributed by atoms with Gasteiger partial charge in [0.1, 0.15) is 5.82 Å². The van der Waals surface area contributed by atoms with Crippen molar-refractivity contribution in [3.8, 4) is 0 Å². The largest absolute Gasteiger partial charge is 0.396 e. The topological polar surface area (TPSA) is 87.2 Å². The van der Waals surface area contributed by atoms with Crippen LogP contribution in [0.1, 0.15) is 26.5 Å². The monoisotopic (exact) mass is 323 g/mol. The first-order valence-electron chi connectivity index (χ1n) is 7.64. The standard InChI is InChI=1S/C19H25N5/c1-6-8-16(14(4)22-5)11-15(7-2)12-23-19-17(21)9-10-18(24-19)13(3)20/h6-11,20H,4-5,12,21H2,1-3H3,(H,23,24)/b8-6-,15-7+,16-11-,20-13?. The SMILES string of the molecule is C=NC(=C)C(/C=C\C)=C\C(=C/C)CNc1nc(C(C)=N)ccc1N. The summed E-state index contributed by atoms with van der Waals surface area (Å²) in [7, 11) is 0. The highest BCUT2D eigenvalue weighted by atomic mass is 15.0. The number of nitrogens with one attached hydrogen (secondary N) is 2. The molecule has 0 aliphatic rings. The zero-order valence-electron chi connectivity index (χ0n) is 14.6. The summed E-state index contributed by atoms with van der Waals surface area (Å²) >= 11 is 0. The van der Waals surface area contributed by atoms with Gasteiger partial charge in [-0.3, -0.25) is 4.99 Å². The molecule has 5 nitrogen and oxygen atoms in total. The normalized spacial score (nSPS) is 12.3. The minimum absolute atomic E-state index is 0.396. The van der Waals surface area contributed by atoms with Crippen molar-refractivity contribution in [2.24, 2.45) is 4.99 Å². The smallest absolute Gasteiger partial charge is 0.150 e. The maximum absolute atomic E-state index is 7.68. The van der Waals surface area contributed by atoms with Crippen LogP contribution >= 0.6 is 0 Å². The van der Waals surface area contributed by atoms with Crippen molar-refractivity contribution >= 4 is 23.9 Å². The molecule has 0 atom stereocenters. The van der Waals surface area contributed by atoms with Gasteiger partial charge in [0.2, 0.25) is 0 Å². The summed E-state index contributed by atoms with van der Waals surface area (Å²) in [4.78, 5) is 8.27. The highest BCUT2D eigenvalue weighted by molar-refractivity contribution is 5.95. The number of aromatic nitrogens is 1. The van der Waals surface area contributed by atoms with Crippen LogP contribution in [0.5, 0.6) is 0 Å². The van der Waals surface area contributed by atoms with E-state index in [4.69, 9.17) is 11.1 Å². The van der Waals surface area contributed by atoms with Crippen LogP contribution in [-0.4, -0.2) is 24.0 Å². The van der Waals surface area contributed by atoms with Crippen molar-refractivity contribution in [3.63, 3.8) is 0 Å². The van der Waals surface area contributed by atoms with E-state index in [0.717, 1.165) is 11.1 Å². The van der Waals surface area contributed by atoms with Crippen LogP contribution in [0.3, 0.4) is 0 Å². The minimum Gasteiger partial charge on any atom is -0.396 e. The van der Waals surface area contributed by atoms with Crippen LogP contribution in [0.25, 0.3) is 0 Å². The van der Waals surface area contributed by atoms with E-state index < -0.39 is 0 Å². The number of pyridine rings is 1. The first-order chi connectivity index (χ1) is 11.4. The molecule has 126 valence electrons. The van der Waals surface area contributed by atoms with Crippen LogP contribution in [0, 0.1) is 5.41 Å². The van der Waals surface area contributed by atoms with Gasteiger partial charge in [-0.25, -0.2) is 4.98 Å². The molecule has 0 radical (unpaired) electrons. The molecule has 0 unspecified atom stereocenters. The van der Waals surface area contributed by atoms with Gasteiger partial charge < -0.3 is 16.5 Å². The van der Waals surface area contributed by atoms with E-state index in [1.54, 1.807) is 19.1 Å². The fourth-order valence-electron chi connectivity index (χ4n) is 1.94. The van der Waals surface area contributed by atoms with E-state index in [0.29, 0.717) is 35.2 Å². The van der Waals surface area contributed by atoms with E-state index in [-0.39, 0.29) is 0 Å². The lowest BCUT2D eigenvalue weighted by Crippen LogP contribution is -2.10. The van der Waals surface area contributed by atoms with Crippen molar-refractivity contribution in [1.29, 1.82) is 5.41 Å². The molecule has 1 aromatic heterocycles. The van der Waals surface area contributed by atoms with E-state index in [1.807, 2.05) is 38.2 Å². The molecule has 0 saturated carbocycles. The maximum Gasteiger partial charge on any atom is 0.150 e. The fourth-order valence-corrected chi connectivity index (χ4v) is 1.94. The zero-order valence-corrected chi connectivity index (χ0v) is 14.6. The summed E-state index contributed by atoms with van der Waals surface area (Å²) < 4.78 is 0. The molecule has 24 heavy (non-hydrogen) atoms. The van der Waals surface area contributed by atoms with E-state index in [2.05, 4.69) is 28.6 Å². The summed E-state index contributed by atoms with van der Waals surface area (Å²) in [6.07, 6.45) is 7.85. The Morgan fingerprint density at radius 2 is 2.12 bits per heavy atom. The Labute approximate surface area is 143 Å². The Morgan fingerprint density at radius 1 is 1.42 bits per heavy atom. The Kier molecular flexibility index (Phi) is 7.36. The van der Waals surface area contributed by atoms with Crippen molar-refractivity contribution in [2.45, 2.75) is 20.8 Å². The van der Waals surface area contributed by atoms with Gasteiger partial charge in [-0.15, -0.1) is 0 Å². The number of nitrogen functional groups attached to an aromatic ring is 1. The average molecular weight is 323 g/mol. The van der Waals surface area contributed by atoms with Gasteiger partial charge in [0.15, 0.2) is 0 Å². The van der Waals surface area contributed by atoms with Crippen molar-refractivity contribution in [3.05, 3.63) is 65.6 Å². The summed E-state index contributed by atoms with van der Waals surface area (Å²) in [5.41, 5.74) is 10.0. The van der Waals surface area contributed by atoms with Crippen LogP contribution in [-0.2, 0) is 0 Å². The predicted molar refractivity (Wildman–Crippen MR) is 105 cm³/mol. The third-order valence-electron chi connectivity index (χ3n) is 3.35. The van der Waals surface area contributed by atoms with Crippen LogP contribution in [0.15, 0.2) is 64.9 Å². The van der Waals surface area contributed by atoms with Gasteiger partial charge in [-0.1, -0.05) is 24.8 Å². The number of allylic oxidation sites excluding steroid dienone is 3. The second-order valence-corrected chi connectivity index (χ2v) is 5.18. The third-order valence-corrected chi connectivity index (χ3v) is 3.35. The Bertz CT molecular complexity index is 723. The summed E-state index contributed by atoms with van der Waals surface area (Å²) in [6.45, 7) is 13.5. The number of hydrogen-bond acceptors (Lipinski definition) is 5. The second-order valence-electron chi connectivity index (χ2n) is 5.18. The van der Waals surface area contributed by atoms with Crippen LogP contribution in [0.4, 0.5) is 11.5 Å². The van der Waals surface area contributed by atoms with Gasteiger partial charge in [-0.05, 0) is 56.8 Å². The zero-order chi connectivity index (χ0) is 18.1. The molecule has 5 heteroatoms. The van der Waals surface area contributed by atoms with Crippen LogP contribution < -0.4 is 11.1 Å². The third kappa shape index (κ3) is 5.35. The lowest BCUT2D eigenvalue weighted by Gasteiger charge is -2.11. The quantitative estimate of drug-likeness (QED) is 0.496. The van der Waals surface area contributed by atoms with E-state index in [1.165, 1.54) is 0 Å². The van der Waals surface area contributed by atoms with E-state index >= 15 is 0 Å². The molecule has 1 rings (SSSR count). The Morgan fingerprint density at radius 3 is 2.67 bits per heavy atom. The molecular weight excluding hydrogens is 298 g/mol. The summed E-state index contributed by atoms with van der Waals surface area (Å²) in [6, 6.07) is 3.49. The average Bonchev–Trinajstić information content (AvgIpc) is 2.57. The van der Waals surface area contributed by atoms with Crippen molar-refractivity contribution in [1.82, 2.24) is 4.98 Å². The van der Waals surface area contributed by atoms with Gasteiger partial charge in [0.05, 0.1) is 22.8 Å². The minimum atomic E-state index is 0.396. The molecule has 0 aliphatic carbocycles. The lowest BCUT2D eigenvalue weighted by molar-refractivity contribution is 1.17. The van der Waals surface area contributed by atoms with Gasteiger partial charge in [0, 0.05) is 6.54 Å². The first kappa shape index (κ1) is 19.1. The molecule has 1 heterocycles. The molecule has 1 aromatic rings. The van der Waals surface area contributed by atoms with Gasteiger partial charge in [-0.2, -0.15) is 0 Å². The molecule has 0 bridgehead atoms. The number of anilines is 2. The predicted octanol–water partition coefficient (Wildman–Crippen LogP) is 4.13. The Hall–Kier alpha value is -2.95. The molecular formula is C19H25N5. The van der Waals surface area contributed by atoms with Crippen molar-refractivity contribution in [2.75, 3.05) is 17.6 Å². The summed E-state index contributed by atoms with van der Waals surface area (Å²) in [5, 5.41) is 10.9. The molecule has 0 fully saturated rings. The van der Waals surface area contributed by atoms with Gasteiger partial charge in [0.25, 0.3) is 0 Å². The molecule has 0 aromatic carbocycles. The molecule has 0 spiro atoms. The van der Waals surface area contributed by atoms with Gasteiger partial charge >= 0.3 is 0 Å². The molecule has 0 aliphatic heterocycles. The number of hydrogen-bond donors (Lipinski definition) is 3. The second kappa shape index (κ2) is 9.25. The number of nitrogens with zero attached hydrogens (tertiary/aromatic N) is 2. The molecule has 0 amide bonds.